The standard InChI is InChI=1S/C49H95NO6/c1-5-7-9-11-13-15-17-19-21-25-29-33-37-41-48(53)55-45-46(44-50(3,4)43-39-35-31-27-23-24-28-32-36-40-47(51)52)56-49(54)42-38-34-30-26-22-20-18-16-14-12-10-8-6-2/h46H,5-45H2,1-4H3/p+1. The molecule has 332 valence electrons. The van der Waals surface area contributed by atoms with E-state index in [1.165, 1.54) is 173 Å². The summed E-state index contributed by atoms with van der Waals surface area (Å²) < 4.78 is 12.5. The molecule has 1 N–H and O–H groups in total. The molecule has 0 spiro atoms. The predicted molar refractivity (Wildman–Crippen MR) is 237 cm³/mol. The number of aliphatic carboxylic acids is 1. The van der Waals surface area contributed by atoms with Gasteiger partial charge < -0.3 is 19.1 Å². The van der Waals surface area contributed by atoms with Crippen LogP contribution in [0.25, 0.3) is 0 Å². The van der Waals surface area contributed by atoms with Crippen LogP contribution in [0.1, 0.15) is 258 Å². The number of carbonyl (C=O) groups is 3. The van der Waals surface area contributed by atoms with Crippen molar-refractivity contribution in [3.63, 3.8) is 0 Å². The maximum atomic E-state index is 13.0. The van der Waals surface area contributed by atoms with Gasteiger partial charge in [-0.25, -0.2) is 0 Å². The number of unbranched alkanes of at least 4 members (excludes halogenated alkanes) is 32. The fourth-order valence-corrected chi connectivity index (χ4v) is 7.90. The zero-order valence-corrected chi connectivity index (χ0v) is 38.0. The second-order valence-corrected chi connectivity index (χ2v) is 17.9. The van der Waals surface area contributed by atoms with Gasteiger partial charge in [0.15, 0.2) is 6.10 Å². The summed E-state index contributed by atoms with van der Waals surface area (Å²) in [5.41, 5.74) is 0. The lowest BCUT2D eigenvalue weighted by Gasteiger charge is -2.33. The van der Waals surface area contributed by atoms with Crippen LogP contribution in [0.2, 0.25) is 0 Å². The van der Waals surface area contributed by atoms with Crippen LogP contribution < -0.4 is 0 Å². The summed E-state index contributed by atoms with van der Waals surface area (Å²) in [6.07, 6.45) is 44.0. The Balaban J connectivity index is 4.46. The Morgan fingerprint density at radius 2 is 0.732 bits per heavy atom. The number of nitrogens with zero attached hydrogens (tertiary/aromatic N) is 1. The SMILES string of the molecule is CCCCCCCCCCCCCCCC(=O)OCC(C[N+](C)(C)CCCCCCCCCCCC(=O)O)OC(=O)CCCCCCCCCCCCCCC. The molecule has 1 atom stereocenters. The number of quaternary nitrogens is 1. The summed E-state index contributed by atoms with van der Waals surface area (Å²) in [6, 6.07) is 0. The van der Waals surface area contributed by atoms with Crippen molar-refractivity contribution >= 4 is 17.9 Å². The van der Waals surface area contributed by atoms with Gasteiger partial charge >= 0.3 is 17.9 Å². The van der Waals surface area contributed by atoms with Gasteiger partial charge in [-0.3, -0.25) is 14.4 Å². The maximum Gasteiger partial charge on any atom is 0.306 e. The molecule has 7 heteroatoms. The lowest BCUT2D eigenvalue weighted by molar-refractivity contribution is -0.893. The largest absolute Gasteiger partial charge is 0.481 e. The lowest BCUT2D eigenvalue weighted by atomic mass is 10.0. The fourth-order valence-electron chi connectivity index (χ4n) is 7.90. The molecular formula is C49H96NO6+. The average molecular weight is 795 g/mol. The van der Waals surface area contributed by atoms with Crippen molar-refractivity contribution in [2.45, 2.75) is 264 Å². The molecule has 0 radical (unpaired) electrons. The van der Waals surface area contributed by atoms with Crippen LogP contribution in [0.3, 0.4) is 0 Å². The molecule has 0 fully saturated rings. The van der Waals surface area contributed by atoms with Crippen molar-refractivity contribution in [2.75, 3.05) is 33.8 Å². The van der Waals surface area contributed by atoms with Crippen molar-refractivity contribution in [1.29, 1.82) is 0 Å². The molecule has 0 aliphatic heterocycles. The van der Waals surface area contributed by atoms with Crippen LogP contribution in [0.15, 0.2) is 0 Å². The van der Waals surface area contributed by atoms with Gasteiger partial charge in [-0.05, 0) is 32.1 Å². The van der Waals surface area contributed by atoms with Gasteiger partial charge in [-0.15, -0.1) is 0 Å². The smallest absolute Gasteiger partial charge is 0.306 e. The summed E-state index contributed by atoms with van der Waals surface area (Å²) in [5.74, 6) is -1.02. The summed E-state index contributed by atoms with van der Waals surface area (Å²) >= 11 is 0. The normalized spacial score (nSPS) is 12.2. The number of ether oxygens (including phenoxy) is 2. The molecule has 0 rings (SSSR count). The molecule has 0 heterocycles. The van der Waals surface area contributed by atoms with Crippen LogP contribution in [-0.2, 0) is 23.9 Å². The van der Waals surface area contributed by atoms with Crippen molar-refractivity contribution in [2.24, 2.45) is 0 Å². The third kappa shape index (κ3) is 42.0. The maximum absolute atomic E-state index is 13.0. The Labute approximate surface area is 348 Å². The van der Waals surface area contributed by atoms with Gasteiger partial charge in [-0.2, -0.15) is 0 Å². The number of carbonyl (C=O) groups excluding carboxylic acids is 2. The zero-order chi connectivity index (χ0) is 41.2. The summed E-state index contributed by atoms with van der Waals surface area (Å²) in [4.78, 5) is 36.3. The molecule has 0 saturated heterocycles. The summed E-state index contributed by atoms with van der Waals surface area (Å²) in [5, 5.41) is 8.77. The highest BCUT2D eigenvalue weighted by atomic mass is 16.6. The van der Waals surface area contributed by atoms with E-state index in [9.17, 15) is 14.4 Å². The van der Waals surface area contributed by atoms with E-state index in [2.05, 4.69) is 27.9 Å². The topological polar surface area (TPSA) is 89.9 Å². The van der Waals surface area contributed by atoms with E-state index in [0.29, 0.717) is 19.4 Å². The molecule has 0 saturated carbocycles. The Hall–Kier alpha value is -1.63. The van der Waals surface area contributed by atoms with Crippen LogP contribution in [0, 0.1) is 0 Å². The van der Waals surface area contributed by atoms with E-state index in [1.54, 1.807) is 0 Å². The van der Waals surface area contributed by atoms with E-state index in [0.717, 1.165) is 62.4 Å². The number of carboxylic acid groups (broad SMARTS) is 1. The molecule has 0 aliphatic rings. The first-order valence-corrected chi connectivity index (χ1v) is 24.6. The predicted octanol–water partition coefficient (Wildman–Crippen LogP) is 14.5. The number of hydrogen-bond acceptors (Lipinski definition) is 5. The summed E-state index contributed by atoms with van der Waals surface area (Å²) in [6.45, 7) is 6.33. The highest BCUT2D eigenvalue weighted by Gasteiger charge is 2.26. The summed E-state index contributed by atoms with van der Waals surface area (Å²) in [7, 11) is 4.39. The number of hydrogen-bond donors (Lipinski definition) is 1. The zero-order valence-electron chi connectivity index (χ0n) is 38.0. The van der Waals surface area contributed by atoms with E-state index in [-0.39, 0.29) is 25.0 Å². The number of rotatable bonds is 45. The quantitative estimate of drug-likeness (QED) is 0.0375. The highest BCUT2D eigenvalue weighted by molar-refractivity contribution is 5.70. The molecule has 0 bridgehead atoms. The minimum Gasteiger partial charge on any atom is -0.481 e. The minimum absolute atomic E-state index is 0.149. The number of carboxylic acids is 1. The monoisotopic (exact) mass is 795 g/mol. The van der Waals surface area contributed by atoms with Crippen molar-refractivity contribution in [3.8, 4) is 0 Å². The second kappa shape index (κ2) is 41.5. The van der Waals surface area contributed by atoms with Crippen molar-refractivity contribution in [1.82, 2.24) is 0 Å². The van der Waals surface area contributed by atoms with Gasteiger partial charge in [0.1, 0.15) is 13.2 Å². The molecule has 0 aliphatic carbocycles. The Morgan fingerprint density at radius 3 is 1.09 bits per heavy atom. The fraction of sp³-hybridized carbons (Fsp3) is 0.939. The average Bonchev–Trinajstić information content (AvgIpc) is 3.16. The molecule has 0 aromatic heterocycles. The van der Waals surface area contributed by atoms with Crippen molar-refractivity contribution in [3.05, 3.63) is 0 Å². The van der Waals surface area contributed by atoms with Crippen LogP contribution >= 0.6 is 0 Å². The van der Waals surface area contributed by atoms with Crippen molar-refractivity contribution < 1.29 is 33.4 Å². The molecule has 56 heavy (non-hydrogen) atoms. The number of likely N-dealkylation sites (N-methyl/N-ethyl adjacent to an activating group) is 1. The molecular weight excluding hydrogens is 699 g/mol. The first-order chi connectivity index (χ1) is 27.2. The second-order valence-electron chi connectivity index (χ2n) is 17.9. The lowest BCUT2D eigenvalue weighted by Crippen LogP contribution is -2.48. The van der Waals surface area contributed by atoms with E-state index >= 15 is 0 Å². The highest BCUT2D eigenvalue weighted by Crippen LogP contribution is 2.17. The molecule has 1 unspecified atom stereocenters. The van der Waals surface area contributed by atoms with E-state index in [1.807, 2.05) is 0 Å². The molecule has 0 aromatic carbocycles. The molecule has 7 nitrogen and oxygen atoms in total. The van der Waals surface area contributed by atoms with Gasteiger partial charge in [-0.1, -0.05) is 206 Å². The van der Waals surface area contributed by atoms with E-state index < -0.39 is 12.1 Å². The van der Waals surface area contributed by atoms with Gasteiger partial charge in [0, 0.05) is 19.3 Å². The van der Waals surface area contributed by atoms with Gasteiger partial charge in [0.05, 0.1) is 20.6 Å². The third-order valence-corrected chi connectivity index (χ3v) is 11.5. The number of esters is 2. The van der Waals surface area contributed by atoms with E-state index in [4.69, 9.17) is 14.6 Å². The van der Waals surface area contributed by atoms with Crippen LogP contribution in [-0.4, -0.2) is 67.4 Å². The first kappa shape index (κ1) is 54.4. The Morgan fingerprint density at radius 1 is 0.429 bits per heavy atom. The van der Waals surface area contributed by atoms with Gasteiger partial charge in [0.25, 0.3) is 0 Å². The Kier molecular flexibility index (Phi) is 40.3. The molecule has 0 aromatic rings. The Bertz CT molecular complexity index is 877. The molecule has 0 amide bonds. The first-order valence-electron chi connectivity index (χ1n) is 24.6. The third-order valence-electron chi connectivity index (χ3n) is 11.5. The van der Waals surface area contributed by atoms with Crippen LogP contribution in [0.4, 0.5) is 0 Å². The van der Waals surface area contributed by atoms with Crippen LogP contribution in [0.5, 0.6) is 0 Å². The van der Waals surface area contributed by atoms with Gasteiger partial charge in [0.2, 0.25) is 0 Å². The minimum atomic E-state index is -0.693.